The van der Waals surface area contributed by atoms with Crippen molar-refractivity contribution >= 4 is 35.3 Å². The van der Waals surface area contributed by atoms with E-state index in [1.54, 1.807) is 15.9 Å². The monoisotopic (exact) mass is 889 g/mol. The molecule has 4 atom stereocenters. The molecule has 2 saturated heterocycles. The lowest BCUT2D eigenvalue weighted by atomic mass is 9.77. The number of rotatable bonds is 15. The van der Waals surface area contributed by atoms with Crippen LogP contribution in [0.15, 0.2) is 78.9 Å². The van der Waals surface area contributed by atoms with E-state index in [9.17, 15) is 33.2 Å². The first-order valence-corrected chi connectivity index (χ1v) is 22.7. The highest BCUT2D eigenvalue weighted by atomic mass is 19.1. The van der Waals surface area contributed by atoms with Crippen LogP contribution >= 0.6 is 0 Å². The molecular weight excluding hydrogens is 826 g/mol. The molecule has 0 radical (unpaired) electrons. The Bertz CT molecular complexity index is 2270. The quantitative estimate of drug-likeness (QED) is 0.108. The third kappa shape index (κ3) is 11.1. The van der Waals surface area contributed by atoms with Gasteiger partial charge in [-0.3, -0.25) is 28.8 Å². The van der Waals surface area contributed by atoms with Crippen molar-refractivity contribution in [2.75, 3.05) is 27.3 Å². The minimum atomic E-state index is -0.615. The molecule has 0 N–H and O–H groups in total. The van der Waals surface area contributed by atoms with E-state index in [2.05, 4.69) is 4.57 Å². The van der Waals surface area contributed by atoms with Crippen molar-refractivity contribution < 1.29 is 42.6 Å². The van der Waals surface area contributed by atoms with Crippen LogP contribution in [0.5, 0.6) is 0 Å². The number of aromatic nitrogens is 1. The first-order valence-electron chi connectivity index (χ1n) is 22.7. The number of likely N-dealkylation sites (tertiary alicyclic amines) is 2. The average molecular weight is 890 g/mol. The van der Waals surface area contributed by atoms with Gasteiger partial charge in [-0.25, -0.2) is 4.39 Å². The minimum absolute atomic E-state index is 0.0461. The molecule has 2 aliphatic rings. The number of methoxy groups -OCH3 is 2. The third-order valence-electron chi connectivity index (χ3n) is 13.2. The molecule has 0 saturated carbocycles. The molecule has 6 rings (SSSR count). The SMILES string of the molecule is COC(=O)C[C@H](C(=O)N1CCC[C@H]1C(=O)Cc1ccc(-c2ccc(-c3ccc(CC(=O)[C@@H]4CCCN4C(=O)[C@@H](CC(=O)OC)C(C)(C)C)cc3)n2-c2ccc(F)cc2C)cc1)C(C)(C)C. The summed E-state index contributed by atoms with van der Waals surface area (Å²) in [6.45, 7) is 14.3. The van der Waals surface area contributed by atoms with Crippen LogP contribution in [0.3, 0.4) is 0 Å². The van der Waals surface area contributed by atoms with Gasteiger partial charge in [-0.1, -0.05) is 90.1 Å². The molecule has 2 amide bonds. The second-order valence-electron chi connectivity index (χ2n) is 19.8. The maximum absolute atomic E-state index is 14.5. The fourth-order valence-electron chi connectivity index (χ4n) is 9.40. The van der Waals surface area contributed by atoms with Crippen LogP contribution in [0.4, 0.5) is 4.39 Å². The summed E-state index contributed by atoms with van der Waals surface area (Å²) in [7, 11) is 2.62. The van der Waals surface area contributed by atoms with Crippen molar-refractivity contribution in [3.05, 3.63) is 101 Å². The van der Waals surface area contributed by atoms with Gasteiger partial charge < -0.3 is 23.8 Å². The molecule has 0 unspecified atom stereocenters. The Morgan fingerprint density at radius 2 is 1.02 bits per heavy atom. The Morgan fingerprint density at radius 3 is 1.37 bits per heavy atom. The molecule has 3 aromatic carbocycles. The number of halogens is 1. The van der Waals surface area contributed by atoms with Gasteiger partial charge in [0.2, 0.25) is 11.8 Å². The minimum Gasteiger partial charge on any atom is -0.469 e. The highest BCUT2D eigenvalue weighted by Crippen LogP contribution is 2.37. The number of carbonyl (C=O) groups excluding carboxylic acids is 6. The van der Waals surface area contributed by atoms with Gasteiger partial charge in [-0.2, -0.15) is 0 Å². The number of esters is 2. The molecule has 11 nitrogen and oxygen atoms in total. The number of hydrogen-bond acceptors (Lipinski definition) is 8. The van der Waals surface area contributed by atoms with E-state index in [1.807, 2.05) is 109 Å². The number of ketones is 2. The maximum atomic E-state index is 14.5. The fraction of sp³-hybridized carbons (Fsp3) is 0.472. The summed E-state index contributed by atoms with van der Waals surface area (Å²) in [6, 6.07) is 23.1. The van der Waals surface area contributed by atoms with E-state index in [-0.39, 0.29) is 54.9 Å². The Balaban J connectivity index is 1.21. The number of benzene rings is 3. The van der Waals surface area contributed by atoms with Crippen LogP contribution in [0.25, 0.3) is 28.2 Å². The maximum Gasteiger partial charge on any atom is 0.306 e. The number of nitrogens with zero attached hydrogens (tertiary/aromatic N) is 3. The fourth-order valence-corrected chi connectivity index (χ4v) is 9.40. The summed E-state index contributed by atoms with van der Waals surface area (Å²) >= 11 is 0. The molecule has 12 heteroatoms. The Labute approximate surface area is 382 Å². The van der Waals surface area contributed by atoms with Gasteiger partial charge >= 0.3 is 11.9 Å². The van der Waals surface area contributed by atoms with Gasteiger partial charge in [-0.05, 0) is 102 Å². The molecule has 0 aliphatic carbocycles. The molecule has 2 aliphatic heterocycles. The predicted molar refractivity (Wildman–Crippen MR) is 247 cm³/mol. The van der Waals surface area contributed by atoms with E-state index in [4.69, 9.17) is 9.47 Å². The van der Waals surface area contributed by atoms with Crippen molar-refractivity contribution in [2.45, 2.75) is 112 Å². The summed E-state index contributed by atoms with van der Waals surface area (Å²) in [5.74, 6) is -2.98. The van der Waals surface area contributed by atoms with Gasteiger partial charge in [-0.15, -0.1) is 0 Å². The largest absolute Gasteiger partial charge is 0.469 e. The first-order chi connectivity index (χ1) is 30.7. The molecule has 1 aromatic heterocycles. The zero-order valence-electron chi connectivity index (χ0n) is 39.4. The second kappa shape index (κ2) is 20.1. The van der Waals surface area contributed by atoms with Crippen LogP contribution in [0.2, 0.25) is 0 Å². The molecule has 4 aromatic rings. The number of hydrogen-bond donors (Lipinski definition) is 0. The molecule has 2 fully saturated rings. The standard InChI is InChI=1S/C53H64FN3O8/c1-33-28-38(54)22-23-41(33)57-42(36-18-14-34(15-19-36)29-46(58)44-12-10-26-55(44)50(62)39(52(2,3)4)31-48(60)64-8)24-25-43(57)37-20-16-35(17-21-37)30-47(59)45-13-11-27-56(45)51(63)40(53(5,6)7)32-49(61)65-9/h14-25,28,39-40,44-45H,10-13,26-27,29-32H2,1-9H3/t39-,40-,44+,45+/m1/s1. The zero-order chi connectivity index (χ0) is 47.4. The Kier molecular flexibility index (Phi) is 15.0. The zero-order valence-corrected chi connectivity index (χ0v) is 39.4. The van der Waals surface area contributed by atoms with Crippen LogP contribution in [0.1, 0.15) is 96.8 Å². The topological polar surface area (TPSA) is 132 Å². The lowest BCUT2D eigenvalue weighted by molar-refractivity contribution is -0.151. The molecule has 346 valence electrons. The van der Waals surface area contributed by atoms with Crippen LogP contribution < -0.4 is 0 Å². The summed E-state index contributed by atoms with van der Waals surface area (Å²) in [4.78, 5) is 83.1. The van der Waals surface area contributed by atoms with E-state index < -0.39 is 46.7 Å². The van der Waals surface area contributed by atoms with E-state index in [0.29, 0.717) is 38.8 Å². The predicted octanol–water partition coefficient (Wildman–Crippen LogP) is 8.91. The van der Waals surface area contributed by atoms with Crippen molar-refractivity contribution in [3.63, 3.8) is 0 Å². The highest BCUT2D eigenvalue weighted by molar-refractivity contribution is 5.94. The highest BCUT2D eigenvalue weighted by Gasteiger charge is 2.43. The van der Waals surface area contributed by atoms with E-state index >= 15 is 0 Å². The second-order valence-corrected chi connectivity index (χ2v) is 19.8. The van der Waals surface area contributed by atoms with E-state index in [0.717, 1.165) is 44.9 Å². The van der Waals surface area contributed by atoms with Crippen LogP contribution in [-0.4, -0.2) is 89.1 Å². The summed E-state index contributed by atoms with van der Waals surface area (Å²) in [6.07, 6.45) is 2.75. The number of carbonyl (C=O) groups is 6. The van der Waals surface area contributed by atoms with E-state index in [1.165, 1.54) is 26.4 Å². The molecule has 3 heterocycles. The smallest absolute Gasteiger partial charge is 0.306 e. The first kappa shape index (κ1) is 48.5. The summed E-state index contributed by atoms with van der Waals surface area (Å²) in [5.41, 5.74) is 5.60. The van der Waals surface area contributed by atoms with Gasteiger partial charge in [0.15, 0.2) is 11.6 Å². The Hall–Kier alpha value is -5.91. The van der Waals surface area contributed by atoms with Crippen molar-refractivity contribution in [3.8, 4) is 28.2 Å². The number of aryl methyl sites for hydroxylation is 1. The number of Topliss-reactive ketones (excluding diaryl/α,β-unsaturated/α-hetero) is 2. The Morgan fingerprint density at radius 1 is 0.615 bits per heavy atom. The lowest BCUT2D eigenvalue weighted by Crippen LogP contribution is -2.47. The van der Waals surface area contributed by atoms with Crippen LogP contribution in [0, 0.1) is 35.4 Å². The van der Waals surface area contributed by atoms with Gasteiger partial charge in [0, 0.05) is 31.6 Å². The summed E-state index contributed by atoms with van der Waals surface area (Å²) < 4.78 is 26.3. The van der Waals surface area contributed by atoms with Gasteiger partial charge in [0.25, 0.3) is 0 Å². The van der Waals surface area contributed by atoms with Crippen molar-refractivity contribution in [2.24, 2.45) is 22.7 Å². The average Bonchev–Trinajstić information content (AvgIpc) is 4.05. The normalized spacial score (nSPS) is 17.4. The van der Waals surface area contributed by atoms with Gasteiger partial charge in [0.1, 0.15) is 5.82 Å². The number of ether oxygens (including phenoxy) is 2. The van der Waals surface area contributed by atoms with Crippen molar-refractivity contribution in [1.82, 2.24) is 14.4 Å². The van der Waals surface area contributed by atoms with Crippen LogP contribution in [-0.2, 0) is 51.1 Å². The molecule has 0 bridgehead atoms. The third-order valence-corrected chi connectivity index (χ3v) is 13.2. The molecule has 65 heavy (non-hydrogen) atoms. The summed E-state index contributed by atoms with van der Waals surface area (Å²) in [5, 5.41) is 0. The van der Waals surface area contributed by atoms with Gasteiger partial charge in [0.05, 0.1) is 62.4 Å². The lowest BCUT2D eigenvalue weighted by Gasteiger charge is -2.34. The molecular formula is C53H64FN3O8. The van der Waals surface area contributed by atoms with Crippen molar-refractivity contribution in [1.29, 1.82) is 0 Å². The number of amides is 2. The molecule has 0 spiro atoms.